The maximum atomic E-state index is 11.6. The maximum Gasteiger partial charge on any atom is 0.242 e. The van der Waals surface area contributed by atoms with Crippen LogP contribution in [-0.4, -0.2) is 29.0 Å². The van der Waals surface area contributed by atoms with Crippen molar-refractivity contribution in [2.24, 2.45) is 0 Å². The predicted octanol–water partition coefficient (Wildman–Crippen LogP) is 1.54. The number of amides is 2. The van der Waals surface area contributed by atoms with Crippen LogP contribution in [-0.2, 0) is 9.59 Å². The average Bonchev–Trinajstić information content (AvgIpc) is 2.73. The molecule has 0 aromatic carbocycles. The Bertz CT molecular complexity index is 311. The van der Waals surface area contributed by atoms with Crippen molar-refractivity contribution in [1.82, 2.24) is 4.90 Å². The molecule has 1 heterocycles. The average molecular weight is 211 g/mol. The number of allylic oxidation sites excluding steroid dienone is 2. The highest BCUT2D eigenvalue weighted by Gasteiger charge is 2.36. The van der Waals surface area contributed by atoms with E-state index in [1.807, 2.05) is 0 Å². The Morgan fingerprint density at radius 1 is 1.50 bits per heavy atom. The summed E-state index contributed by atoms with van der Waals surface area (Å²) in [5.74, 6) is -0.0844. The van der Waals surface area contributed by atoms with Gasteiger partial charge in [-0.1, -0.05) is 6.08 Å². The summed E-state index contributed by atoms with van der Waals surface area (Å²) in [5.41, 5.74) is 0. The second-order valence-corrected chi connectivity index (χ2v) is 4.99. The van der Waals surface area contributed by atoms with Gasteiger partial charge in [0.15, 0.2) is 0 Å². The van der Waals surface area contributed by atoms with E-state index in [9.17, 15) is 9.59 Å². The van der Waals surface area contributed by atoms with Gasteiger partial charge in [-0.25, -0.2) is 0 Å². The zero-order chi connectivity index (χ0) is 10.1. The fourth-order valence-electron chi connectivity index (χ4n) is 1.74. The van der Waals surface area contributed by atoms with Crippen LogP contribution in [0.5, 0.6) is 0 Å². The molecule has 2 amide bonds. The smallest absolute Gasteiger partial charge is 0.242 e. The van der Waals surface area contributed by atoms with Gasteiger partial charge < -0.3 is 0 Å². The highest BCUT2D eigenvalue weighted by Crippen LogP contribution is 2.35. The first-order chi connectivity index (χ1) is 6.68. The van der Waals surface area contributed by atoms with Gasteiger partial charge in [0.2, 0.25) is 11.8 Å². The van der Waals surface area contributed by atoms with Gasteiger partial charge in [0.05, 0.1) is 5.25 Å². The van der Waals surface area contributed by atoms with Gasteiger partial charge in [0.1, 0.15) is 0 Å². The summed E-state index contributed by atoms with van der Waals surface area (Å²) in [5, 5.41) is -0.156. The van der Waals surface area contributed by atoms with Gasteiger partial charge in [-0.05, 0) is 24.2 Å². The molecule has 14 heavy (non-hydrogen) atoms. The van der Waals surface area contributed by atoms with E-state index < -0.39 is 0 Å². The van der Waals surface area contributed by atoms with Crippen LogP contribution in [0.4, 0.5) is 0 Å². The van der Waals surface area contributed by atoms with Crippen molar-refractivity contribution in [1.29, 1.82) is 0 Å². The van der Waals surface area contributed by atoms with Crippen LogP contribution in [0.1, 0.15) is 25.7 Å². The Morgan fingerprint density at radius 3 is 2.79 bits per heavy atom. The van der Waals surface area contributed by atoms with Gasteiger partial charge in [0.25, 0.3) is 0 Å². The van der Waals surface area contributed by atoms with Crippen LogP contribution < -0.4 is 0 Å². The highest BCUT2D eigenvalue weighted by molar-refractivity contribution is 8.04. The zero-order valence-corrected chi connectivity index (χ0v) is 8.97. The number of carbonyl (C=O) groups excluding carboxylic acids is 2. The zero-order valence-electron chi connectivity index (χ0n) is 8.16. The third kappa shape index (κ3) is 1.71. The second-order valence-electron chi connectivity index (χ2n) is 3.66. The maximum absolute atomic E-state index is 11.6. The van der Waals surface area contributed by atoms with E-state index in [4.69, 9.17) is 0 Å². The van der Waals surface area contributed by atoms with Crippen LogP contribution in [0.2, 0.25) is 0 Å². The molecule has 0 radical (unpaired) electrons. The minimum absolute atomic E-state index is 0.0344. The molecule has 0 spiro atoms. The number of thioether (sulfide) groups is 1. The van der Waals surface area contributed by atoms with Crippen molar-refractivity contribution in [2.75, 3.05) is 7.05 Å². The molecule has 4 heteroatoms. The highest BCUT2D eigenvalue weighted by atomic mass is 32.2. The third-order valence-electron chi connectivity index (χ3n) is 2.63. The first kappa shape index (κ1) is 9.77. The minimum atomic E-state index is -0.156. The molecule has 2 rings (SSSR count). The summed E-state index contributed by atoms with van der Waals surface area (Å²) >= 11 is 1.58. The monoisotopic (exact) mass is 211 g/mol. The van der Waals surface area contributed by atoms with Gasteiger partial charge in [-0.15, -0.1) is 11.8 Å². The Hall–Kier alpha value is -0.770. The summed E-state index contributed by atoms with van der Waals surface area (Å²) < 4.78 is 0. The summed E-state index contributed by atoms with van der Waals surface area (Å²) in [4.78, 5) is 25.3. The third-order valence-corrected chi connectivity index (χ3v) is 3.96. The van der Waals surface area contributed by atoms with Crippen LogP contribution in [0, 0.1) is 0 Å². The number of hydrogen-bond acceptors (Lipinski definition) is 3. The number of rotatable bonds is 2. The van der Waals surface area contributed by atoms with Gasteiger partial charge in [-0.3, -0.25) is 14.5 Å². The molecule has 1 fully saturated rings. The topological polar surface area (TPSA) is 37.4 Å². The number of hydrogen-bond donors (Lipinski definition) is 0. The van der Waals surface area contributed by atoms with Crippen LogP contribution >= 0.6 is 11.8 Å². The molecule has 3 nitrogen and oxygen atoms in total. The minimum Gasteiger partial charge on any atom is -0.285 e. The lowest BCUT2D eigenvalue weighted by molar-refractivity contribution is -0.136. The molecule has 0 N–H and O–H groups in total. The van der Waals surface area contributed by atoms with E-state index in [1.54, 1.807) is 18.8 Å². The van der Waals surface area contributed by atoms with Crippen molar-refractivity contribution >= 4 is 23.6 Å². The number of nitrogens with zero attached hydrogens (tertiary/aromatic N) is 1. The Balaban J connectivity index is 1.99. The SMILES string of the molecule is CN1C(=O)CC(SC2=CCCC2)C1=O. The fourth-order valence-corrected chi connectivity index (χ4v) is 3.07. The molecule has 0 aromatic rings. The lowest BCUT2D eigenvalue weighted by Crippen LogP contribution is -2.26. The van der Waals surface area contributed by atoms with E-state index in [2.05, 4.69) is 6.08 Å². The molecular weight excluding hydrogens is 198 g/mol. The predicted molar refractivity (Wildman–Crippen MR) is 55.7 cm³/mol. The van der Waals surface area contributed by atoms with Gasteiger partial charge >= 0.3 is 0 Å². The molecule has 76 valence electrons. The van der Waals surface area contributed by atoms with E-state index >= 15 is 0 Å². The summed E-state index contributed by atoms with van der Waals surface area (Å²) in [6.07, 6.45) is 5.94. The van der Waals surface area contributed by atoms with Crippen molar-refractivity contribution < 1.29 is 9.59 Å². The van der Waals surface area contributed by atoms with E-state index in [1.165, 1.54) is 16.2 Å². The molecule has 1 aliphatic carbocycles. The Kier molecular flexibility index (Phi) is 2.63. The van der Waals surface area contributed by atoms with Crippen molar-refractivity contribution in [3.8, 4) is 0 Å². The Morgan fingerprint density at radius 2 is 2.29 bits per heavy atom. The lowest BCUT2D eigenvalue weighted by Gasteiger charge is -2.08. The largest absolute Gasteiger partial charge is 0.285 e. The Labute approximate surface area is 87.5 Å². The van der Waals surface area contributed by atoms with E-state index in [-0.39, 0.29) is 17.1 Å². The molecule has 0 saturated carbocycles. The second kappa shape index (κ2) is 3.77. The van der Waals surface area contributed by atoms with Crippen LogP contribution in [0.15, 0.2) is 11.0 Å². The van der Waals surface area contributed by atoms with Crippen molar-refractivity contribution in [3.05, 3.63) is 11.0 Å². The van der Waals surface area contributed by atoms with Crippen molar-refractivity contribution in [3.63, 3.8) is 0 Å². The standard InChI is InChI=1S/C10H13NO2S/c1-11-9(12)6-8(10(11)13)14-7-4-2-3-5-7/h4,8H,2-3,5-6H2,1H3. The fraction of sp³-hybridized carbons (Fsp3) is 0.600. The molecule has 0 bridgehead atoms. The first-order valence-corrected chi connectivity index (χ1v) is 5.72. The molecule has 1 saturated heterocycles. The number of likely N-dealkylation sites (tertiary alicyclic amines) is 1. The summed E-state index contributed by atoms with van der Waals surface area (Å²) in [6.45, 7) is 0. The lowest BCUT2D eigenvalue weighted by atomic mass is 10.3. The van der Waals surface area contributed by atoms with E-state index in [0.29, 0.717) is 6.42 Å². The van der Waals surface area contributed by atoms with E-state index in [0.717, 1.165) is 12.8 Å². The summed E-state index contributed by atoms with van der Waals surface area (Å²) in [6, 6.07) is 0. The molecule has 2 aliphatic rings. The van der Waals surface area contributed by atoms with Crippen LogP contribution in [0.25, 0.3) is 0 Å². The summed E-state index contributed by atoms with van der Waals surface area (Å²) in [7, 11) is 1.56. The number of imide groups is 1. The first-order valence-electron chi connectivity index (χ1n) is 4.84. The number of carbonyl (C=O) groups is 2. The molecular formula is C10H13NO2S. The normalized spacial score (nSPS) is 27.4. The molecule has 1 unspecified atom stereocenters. The van der Waals surface area contributed by atoms with Gasteiger partial charge in [0, 0.05) is 13.5 Å². The molecule has 1 aliphatic heterocycles. The van der Waals surface area contributed by atoms with Crippen LogP contribution in [0.3, 0.4) is 0 Å². The molecule has 0 aromatic heterocycles. The van der Waals surface area contributed by atoms with Gasteiger partial charge in [-0.2, -0.15) is 0 Å². The van der Waals surface area contributed by atoms with Crippen molar-refractivity contribution in [2.45, 2.75) is 30.9 Å². The quantitative estimate of drug-likeness (QED) is 0.650. The molecule has 1 atom stereocenters.